The molecule has 0 aliphatic rings. The van der Waals surface area contributed by atoms with Gasteiger partial charge >= 0.3 is 0 Å². The summed E-state index contributed by atoms with van der Waals surface area (Å²) in [5.74, 6) is 0.985. The number of hydrogen-bond donors (Lipinski definition) is 2. The van der Waals surface area contributed by atoms with Crippen molar-refractivity contribution in [3.05, 3.63) is 17.5 Å². The van der Waals surface area contributed by atoms with Crippen LogP contribution in [0.25, 0.3) is 0 Å². The fraction of sp³-hybridized carbons (Fsp3) is 0.636. The Balaban J connectivity index is 2.79. The molecule has 1 heterocycles. The van der Waals surface area contributed by atoms with Gasteiger partial charge in [0.25, 0.3) is 0 Å². The van der Waals surface area contributed by atoms with Crippen molar-refractivity contribution < 1.29 is 5.11 Å². The maximum absolute atomic E-state index is 9.14. The van der Waals surface area contributed by atoms with E-state index in [4.69, 9.17) is 5.11 Å². The minimum absolute atomic E-state index is 0.388. The van der Waals surface area contributed by atoms with Crippen LogP contribution in [0.5, 0.6) is 0 Å². The van der Waals surface area contributed by atoms with E-state index in [2.05, 4.69) is 29.1 Å². The third-order valence-corrected chi connectivity index (χ3v) is 2.02. The predicted molar refractivity (Wildman–Crippen MR) is 61.0 cm³/mol. The molecule has 2 N–H and O–H groups in total. The van der Waals surface area contributed by atoms with Crippen molar-refractivity contribution >= 4 is 5.95 Å². The van der Waals surface area contributed by atoms with E-state index in [9.17, 15) is 0 Å². The molecule has 15 heavy (non-hydrogen) atoms. The fourth-order valence-corrected chi connectivity index (χ4v) is 1.21. The van der Waals surface area contributed by atoms with Crippen LogP contribution in [0.2, 0.25) is 0 Å². The van der Waals surface area contributed by atoms with Gasteiger partial charge in [0.1, 0.15) is 0 Å². The van der Waals surface area contributed by atoms with E-state index < -0.39 is 6.10 Å². The van der Waals surface area contributed by atoms with E-state index in [0.717, 1.165) is 11.4 Å². The summed E-state index contributed by atoms with van der Waals surface area (Å²) in [6, 6.07) is 1.98. The van der Waals surface area contributed by atoms with Crippen molar-refractivity contribution in [3.63, 3.8) is 0 Å². The molecule has 84 valence electrons. The number of aromatic nitrogens is 2. The number of anilines is 1. The first-order valence-corrected chi connectivity index (χ1v) is 5.26. The van der Waals surface area contributed by atoms with E-state index in [1.165, 1.54) is 0 Å². The van der Waals surface area contributed by atoms with Crippen molar-refractivity contribution in [2.75, 3.05) is 11.9 Å². The lowest BCUT2D eigenvalue weighted by molar-refractivity contribution is 0.208. The molecule has 0 amide bonds. The van der Waals surface area contributed by atoms with E-state index in [0.29, 0.717) is 18.4 Å². The summed E-state index contributed by atoms with van der Waals surface area (Å²) in [4.78, 5) is 8.63. The summed E-state index contributed by atoms with van der Waals surface area (Å²) < 4.78 is 0. The molecule has 0 spiro atoms. The summed E-state index contributed by atoms with van der Waals surface area (Å²) in [7, 11) is 0. The molecular formula is C11H19N3O. The van der Waals surface area contributed by atoms with Gasteiger partial charge in [-0.1, -0.05) is 13.8 Å². The Kier molecular flexibility index (Phi) is 4.03. The average Bonchev–Trinajstić information content (AvgIpc) is 2.13. The van der Waals surface area contributed by atoms with E-state index in [-0.39, 0.29) is 0 Å². The van der Waals surface area contributed by atoms with Gasteiger partial charge in [0.05, 0.1) is 6.10 Å². The molecule has 0 saturated heterocycles. The maximum atomic E-state index is 9.14. The Morgan fingerprint density at radius 1 is 1.33 bits per heavy atom. The summed E-state index contributed by atoms with van der Waals surface area (Å²) in [6.07, 6.45) is -0.392. The average molecular weight is 209 g/mol. The second-order valence-electron chi connectivity index (χ2n) is 4.14. The van der Waals surface area contributed by atoms with Crippen LogP contribution in [-0.2, 0) is 0 Å². The lowest BCUT2D eigenvalue weighted by Crippen LogP contribution is -2.17. The molecule has 4 nitrogen and oxygen atoms in total. The lowest BCUT2D eigenvalue weighted by Gasteiger charge is -2.10. The van der Waals surface area contributed by atoms with Gasteiger partial charge in [0.15, 0.2) is 0 Å². The summed E-state index contributed by atoms with van der Waals surface area (Å²) in [5, 5.41) is 12.2. The van der Waals surface area contributed by atoms with Crippen LogP contribution in [0.3, 0.4) is 0 Å². The van der Waals surface area contributed by atoms with Gasteiger partial charge in [0.2, 0.25) is 5.95 Å². The SMILES string of the molecule is Cc1cc(C(C)C)nc(NCC(C)O)n1. The van der Waals surface area contributed by atoms with Crippen LogP contribution < -0.4 is 5.32 Å². The summed E-state index contributed by atoms with van der Waals surface area (Å²) in [5.41, 5.74) is 1.97. The molecule has 1 aromatic heterocycles. The van der Waals surface area contributed by atoms with Crippen molar-refractivity contribution in [2.24, 2.45) is 0 Å². The van der Waals surface area contributed by atoms with Crippen LogP contribution in [-0.4, -0.2) is 27.7 Å². The Hall–Kier alpha value is -1.16. The molecule has 1 aromatic rings. The zero-order valence-corrected chi connectivity index (χ0v) is 9.78. The second-order valence-corrected chi connectivity index (χ2v) is 4.14. The van der Waals surface area contributed by atoms with Gasteiger partial charge < -0.3 is 10.4 Å². The molecule has 0 aliphatic heterocycles. The van der Waals surface area contributed by atoms with Crippen LogP contribution in [0.1, 0.15) is 38.1 Å². The van der Waals surface area contributed by atoms with Gasteiger partial charge in [-0.15, -0.1) is 0 Å². The van der Waals surface area contributed by atoms with Crippen molar-refractivity contribution in [1.82, 2.24) is 9.97 Å². The molecule has 1 atom stereocenters. The highest BCUT2D eigenvalue weighted by Crippen LogP contribution is 2.14. The molecule has 0 aromatic carbocycles. The highest BCUT2D eigenvalue weighted by atomic mass is 16.3. The highest BCUT2D eigenvalue weighted by Gasteiger charge is 2.05. The maximum Gasteiger partial charge on any atom is 0.223 e. The zero-order valence-electron chi connectivity index (χ0n) is 9.78. The number of aryl methyl sites for hydroxylation is 1. The molecule has 0 saturated carbocycles. The summed E-state index contributed by atoms with van der Waals surface area (Å²) in [6.45, 7) is 8.34. The molecule has 1 unspecified atom stereocenters. The summed E-state index contributed by atoms with van der Waals surface area (Å²) >= 11 is 0. The fourth-order valence-electron chi connectivity index (χ4n) is 1.21. The Morgan fingerprint density at radius 3 is 2.53 bits per heavy atom. The van der Waals surface area contributed by atoms with Crippen molar-refractivity contribution in [2.45, 2.75) is 39.7 Å². The Labute approximate surface area is 90.8 Å². The largest absolute Gasteiger partial charge is 0.392 e. The lowest BCUT2D eigenvalue weighted by atomic mass is 10.1. The van der Waals surface area contributed by atoms with Gasteiger partial charge in [-0.3, -0.25) is 0 Å². The molecule has 0 radical (unpaired) electrons. The van der Waals surface area contributed by atoms with E-state index in [1.807, 2.05) is 13.0 Å². The van der Waals surface area contributed by atoms with Crippen molar-refractivity contribution in [1.29, 1.82) is 0 Å². The van der Waals surface area contributed by atoms with Crippen LogP contribution in [0.4, 0.5) is 5.95 Å². The van der Waals surface area contributed by atoms with Crippen molar-refractivity contribution in [3.8, 4) is 0 Å². The molecule has 0 fully saturated rings. The Morgan fingerprint density at radius 2 is 2.00 bits per heavy atom. The molecule has 1 rings (SSSR count). The third-order valence-electron chi connectivity index (χ3n) is 2.02. The predicted octanol–water partition coefficient (Wildman–Crippen LogP) is 1.70. The molecule has 4 heteroatoms. The number of nitrogens with zero attached hydrogens (tertiary/aromatic N) is 2. The van der Waals surface area contributed by atoms with Gasteiger partial charge in [-0.05, 0) is 25.8 Å². The number of aliphatic hydroxyl groups excluding tert-OH is 1. The quantitative estimate of drug-likeness (QED) is 0.792. The van der Waals surface area contributed by atoms with Crippen LogP contribution in [0.15, 0.2) is 6.07 Å². The minimum atomic E-state index is -0.392. The first-order chi connectivity index (χ1) is 6.99. The first-order valence-electron chi connectivity index (χ1n) is 5.26. The second kappa shape index (κ2) is 5.07. The number of aliphatic hydroxyl groups is 1. The standard InChI is InChI=1S/C11H19N3O/c1-7(2)10-5-8(3)13-11(14-10)12-6-9(4)15/h5,7,9,15H,6H2,1-4H3,(H,12,13,14). The number of hydrogen-bond acceptors (Lipinski definition) is 4. The number of rotatable bonds is 4. The zero-order chi connectivity index (χ0) is 11.4. The topological polar surface area (TPSA) is 58.0 Å². The van der Waals surface area contributed by atoms with Gasteiger partial charge in [-0.2, -0.15) is 0 Å². The van der Waals surface area contributed by atoms with Crippen LogP contribution >= 0.6 is 0 Å². The van der Waals surface area contributed by atoms with E-state index in [1.54, 1.807) is 6.92 Å². The monoisotopic (exact) mass is 209 g/mol. The molecule has 0 aliphatic carbocycles. The minimum Gasteiger partial charge on any atom is -0.392 e. The molecular weight excluding hydrogens is 190 g/mol. The Bertz CT molecular complexity index is 324. The van der Waals surface area contributed by atoms with Crippen LogP contribution in [0, 0.1) is 6.92 Å². The molecule has 0 bridgehead atoms. The number of nitrogens with one attached hydrogen (secondary N) is 1. The smallest absolute Gasteiger partial charge is 0.223 e. The van der Waals surface area contributed by atoms with E-state index >= 15 is 0 Å². The first kappa shape index (κ1) is 11.9. The third kappa shape index (κ3) is 3.83. The highest BCUT2D eigenvalue weighted by molar-refractivity contribution is 5.29. The van der Waals surface area contributed by atoms with Gasteiger partial charge in [0, 0.05) is 17.9 Å². The normalized spacial score (nSPS) is 12.9. The van der Waals surface area contributed by atoms with Gasteiger partial charge in [-0.25, -0.2) is 9.97 Å².